The summed E-state index contributed by atoms with van der Waals surface area (Å²) in [5.74, 6) is -0.452. The molecule has 206 valence electrons. The lowest BCUT2D eigenvalue weighted by molar-refractivity contribution is -0.158. The Morgan fingerprint density at radius 3 is 2.05 bits per heavy atom. The van der Waals surface area contributed by atoms with E-state index in [0.29, 0.717) is 25.4 Å². The molecule has 3 rings (SSSR count). The number of piperidine rings is 1. The summed E-state index contributed by atoms with van der Waals surface area (Å²) in [5.41, 5.74) is 5.27. The third-order valence-corrected chi connectivity index (χ3v) is 6.71. The number of benzene rings is 2. The van der Waals surface area contributed by atoms with Gasteiger partial charge in [-0.05, 0) is 88.3 Å². The average Bonchev–Trinajstić information content (AvgIpc) is 2.89. The van der Waals surface area contributed by atoms with Crippen molar-refractivity contribution < 1.29 is 24.0 Å². The van der Waals surface area contributed by atoms with Crippen LogP contribution in [-0.4, -0.2) is 41.6 Å². The second-order valence-electron chi connectivity index (χ2n) is 11.1. The van der Waals surface area contributed by atoms with E-state index in [9.17, 15) is 14.4 Å². The largest absolute Gasteiger partial charge is 0.444 e. The van der Waals surface area contributed by atoms with E-state index < -0.39 is 11.6 Å². The second kappa shape index (κ2) is 14.6. The lowest BCUT2D eigenvalue weighted by atomic mass is 9.92. The number of hydroxylamine groups is 1. The molecule has 1 aliphatic rings. The summed E-state index contributed by atoms with van der Waals surface area (Å²) in [6.07, 6.45) is 6.78. The van der Waals surface area contributed by atoms with E-state index in [1.54, 1.807) is 4.90 Å². The summed E-state index contributed by atoms with van der Waals surface area (Å²) in [5, 5.41) is 0. The van der Waals surface area contributed by atoms with E-state index in [0.717, 1.165) is 44.1 Å². The third-order valence-electron chi connectivity index (χ3n) is 6.71. The van der Waals surface area contributed by atoms with Crippen LogP contribution in [0.25, 0.3) is 0 Å². The smallest absolute Gasteiger partial charge is 0.410 e. The van der Waals surface area contributed by atoms with Crippen molar-refractivity contribution in [3.63, 3.8) is 0 Å². The summed E-state index contributed by atoms with van der Waals surface area (Å²) in [6, 6.07) is 18.5. The maximum absolute atomic E-state index is 12.2. The first-order chi connectivity index (χ1) is 18.2. The van der Waals surface area contributed by atoms with Gasteiger partial charge in [0.25, 0.3) is 5.91 Å². The molecule has 1 aliphatic heterocycles. The second-order valence-corrected chi connectivity index (χ2v) is 11.1. The van der Waals surface area contributed by atoms with Gasteiger partial charge in [0.05, 0.1) is 6.42 Å². The zero-order valence-corrected chi connectivity index (χ0v) is 23.0. The zero-order chi connectivity index (χ0) is 27.4. The van der Waals surface area contributed by atoms with E-state index in [1.807, 2.05) is 39.0 Å². The van der Waals surface area contributed by atoms with Crippen LogP contribution in [0.5, 0.6) is 0 Å². The summed E-state index contributed by atoms with van der Waals surface area (Å²) in [7, 11) is 0. The number of ether oxygens (including phenoxy) is 1. The molecule has 0 aliphatic carbocycles. The van der Waals surface area contributed by atoms with Crippen LogP contribution in [0.15, 0.2) is 54.6 Å². The summed E-state index contributed by atoms with van der Waals surface area (Å²) in [6.45, 7) is 6.81. The third kappa shape index (κ3) is 11.0. The maximum Gasteiger partial charge on any atom is 0.410 e. The molecule has 0 spiro atoms. The van der Waals surface area contributed by atoms with Gasteiger partial charge in [0.1, 0.15) is 5.60 Å². The van der Waals surface area contributed by atoms with E-state index in [2.05, 4.69) is 41.9 Å². The molecular weight excluding hydrogens is 480 g/mol. The highest BCUT2D eigenvalue weighted by molar-refractivity contribution is 5.79. The molecule has 1 fully saturated rings. The van der Waals surface area contributed by atoms with Crippen molar-refractivity contribution in [2.24, 2.45) is 5.92 Å². The van der Waals surface area contributed by atoms with E-state index in [4.69, 9.17) is 9.57 Å². The minimum atomic E-state index is -0.506. The molecule has 7 nitrogen and oxygen atoms in total. The standard InChI is InChI=1S/C31H42N2O5/c1-31(2,3)37-30(36)33-21-19-26(20-22-33)17-18-29(35)38-32-28(34)23-27-15-13-25(14-16-27)12-8-7-11-24-9-5-4-6-10-24/h4-6,9-10,13-16,26H,7-8,11-12,17-23H2,1-3H3,(H,32,34). The fourth-order valence-electron chi connectivity index (χ4n) is 4.57. The van der Waals surface area contributed by atoms with Crippen LogP contribution in [0.1, 0.15) is 76.0 Å². The molecule has 2 aromatic rings. The molecule has 38 heavy (non-hydrogen) atoms. The first-order valence-electron chi connectivity index (χ1n) is 13.8. The zero-order valence-electron chi connectivity index (χ0n) is 23.0. The fourth-order valence-corrected chi connectivity index (χ4v) is 4.57. The number of carbonyl (C=O) groups is 3. The number of likely N-dealkylation sites (tertiary alicyclic amines) is 1. The van der Waals surface area contributed by atoms with Crippen molar-refractivity contribution >= 4 is 18.0 Å². The predicted octanol–water partition coefficient (Wildman–Crippen LogP) is 5.80. The van der Waals surface area contributed by atoms with Crippen molar-refractivity contribution in [1.82, 2.24) is 10.4 Å². The Kier molecular flexibility index (Phi) is 11.2. The van der Waals surface area contributed by atoms with Gasteiger partial charge in [-0.1, -0.05) is 54.6 Å². The van der Waals surface area contributed by atoms with Gasteiger partial charge in [-0.3, -0.25) is 4.79 Å². The number of amides is 2. The molecule has 0 atom stereocenters. The first kappa shape index (κ1) is 29.2. The van der Waals surface area contributed by atoms with Crippen molar-refractivity contribution in [1.29, 1.82) is 0 Å². The molecule has 0 aromatic heterocycles. The Balaban J connectivity index is 1.26. The van der Waals surface area contributed by atoms with Crippen molar-refractivity contribution in [2.75, 3.05) is 13.1 Å². The molecule has 0 bridgehead atoms. The minimum Gasteiger partial charge on any atom is -0.444 e. The van der Waals surface area contributed by atoms with Gasteiger partial charge < -0.3 is 14.5 Å². The fraction of sp³-hybridized carbons (Fsp3) is 0.516. The van der Waals surface area contributed by atoms with Gasteiger partial charge in [-0.2, -0.15) is 5.48 Å². The Morgan fingerprint density at radius 1 is 0.868 bits per heavy atom. The Morgan fingerprint density at radius 2 is 1.45 bits per heavy atom. The molecule has 1 saturated heterocycles. The normalized spacial score (nSPS) is 14.1. The van der Waals surface area contributed by atoms with Crippen LogP contribution < -0.4 is 5.48 Å². The maximum atomic E-state index is 12.2. The molecule has 2 aromatic carbocycles. The van der Waals surface area contributed by atoms with Crippen LogP contribution in [-0.2, 0) is 38.4 Å². The summed E-state index contributed by atoms with van der Waals surface area (Å²) in [4.78, 5) is 43.2. The molecule has 1 heterocycles. The number of aryl methyl sites for hydroxylation is 2. The number of hydrogen-bond acceptors (Lipinski definition) is 5. The van der Waals surface area contributed by atoms with Crippen LogP contribution in [0.3, 0.4) is 0 Å². The van der Waals surface area contributed by atoms with Gasteiger partial charge in [-0.15, -0.1) is 0 Å². The highest BCUT2D eigenvalue weighted by Crippen LogP contribution is 2.23. The predicted molar refractivity (Wildman–Crippen MR) is 147 cm³/mol. The quantitative estimate of drug-likeness (QED) is 0.315. The molecule has 7 heteroatoms. The van der Waals surface area contributed by atoms with Gasteiger partial charge in [0, 0.05) is 19.5 Å². The number of rotatable bonds is 10. The molecule has 2 amide bonds. The SMILES string of the molecule is CC(C)(C)OC(=O)N1CCC(CCC(=O)ONC(=O)Cc2ccc(CCCCc3ccccc3)cc2)CC1. The monoisotopic (exact) mass is 522 g/mol. The number of carbonyl (C=O) groups excluding carboxylic acids is 3. The number of nitrogens with zero attached hydrogens (tertiary/aromatic N) is 1. The molecule has 0 saturated carbocycles. The topological polar surface area (TPSA) is 84.9 Å². The van der Waals surface area contributed by atoms with Crippen molar-refractivity contribution in [3.05, 3.63) is 71.3 Å². The number of hydrogen-bond donors (Lipinski definition) is 1. The average molecular weight is 523 g/mol. The van der Waals surface area contributed by atoms with Gasteiger partial charge in [-0.25, -0.2) is 9.59 Å². The molecule has 1 N–H and O–H groups in total. The lowest BCUT2D eigenvalue weighted by Crippen LogP contribution is -2.41. The van der Waals surface area contributed by atoms with Crippen molar-refractivity contribution in [3.8, 4) is 0 Å². The van der Waals surface area contributed by atoms with E-state index >= 15 is 0 Å². The van der Waals surface area contributed by atoms with Gasteiger partial charge in [0.2, 0.25) is 0 Å². The number of unbranched alkanes of at least 4 members (excludes halogenated alkanes) is 1. The van der Waals surface area contributed by atoms with Crippen LogP contribution in [0, 0.1) is 5.92 Å². The highest BCUT2D eigenvalue weighted by atomic mass is 16.7. The van der Waals surface area contributed by atoms with E-state index in [-0.39, 0.29) is 24.8 Å². The Bertz CT molecular complexity index is 1020. The lowest BCUT2D eigenvalue weighted by Gasteiger charge is -2.33. The van der Waals surface area contributed by atoms with Crippen LogP contribution in [0.4, 0.5) is 4.79 Å². The Labute approximate surface area is 226 Å². The summed E-state index contributed by atoms with van der Waals surface area (Å²) < 4.78 is 5.42. The number of nitrogens with one attached hydrogen (secondary N) is 1. The van der Waals surface area contributed by atoms with E-state index in [1.165, 1.54) is 11.1 Å². The van der Waals surface area contributed by atoms with Crippen LogP contribution in [0.2, 0.25) is 0 Å². The molecule has 0 unspecified atom stereocenters. The van der Waals surface area contributed by atoms with Crippen molar-refractivity contribution in [2.45, 2.75) is 84.2 Å². The van der Waals surface area contributed by atoms with Gasteiger partial charge in [0.15, 0.2) is 0 Å². The first-order valence-corrected chi connectivity index (χ1v) is 13.8. The summed E-state index contributed by atoms with van der Waals surface area (Å²) >= 11 is 0. The minimum absolute atomic E-state index is 0.157. The van der Waals surface area contributed by atoms with Crippen LogP contribution >= 0.6 is 0 Å². The molecular formula is C31H42N2O5. The Hall–Kier alpha value is -3.35. The van der Waals surface area contributed by atoms with Gasteiger partial charge >= 0.3 is 12.1 Å². The highest BCUT2D eigenvalue weighted by Gasteiger charge is 2.27. The molecule has 0 radical (unpaired) electrons.